The first-order valence-electron chi connectivity index (χ1n) is 6.42. The van der Waals surface area contributed by atoms with Crippen molar-refractivity contribution in [3.63, 3.8) is 0 Å². The Kier molecular flexibility index (Phi) is 3.34. The normalized spacial score (nSPS) is 20.9. The number of piperidine rings is 1. The summed E-state index contributed by atoms with van der Waals surface area (Å²) in [4.78, 5) is 2.45. The zero-order chi connectivity index (χ0) is 11.6. The minimum Gasteiger partial charge on any atom is -0.306 e. The van der Waals surface area contributed by atoms with Gasteiger partial charge in [-0.15, -0.1) is 0 Å². The van der Waals surface area contributed by atoms with Crippen LogP contribution in [0.3, 0.4) is 0 Å². The largest absolute Gasteiger partial charge is 0.306 e. The van der Waals surface area contributed by atoms with Gasteiger partial charge < -0.3 is 4.90 Å². The monoisotopic (exact) mass is 217 g/mol. The van der Waals surface area contributed by atoms with E-state index in [1.54, 1.807) is 5.56 Å². The summed E-state index contributed by atoms with van der Waals surface area (Å²) in [6.45, 7) is 7.08. The lowest BCUT2D eigenvalue weighted by molar-refractivity contribution is 0.182. The van der Waals surface area contributed by atoms with Gasteiger partial charge in [0.2, 0.25) is 0 Å². The summed E-state index contributed by atoms with van der Waals surface area (Å²) in [6.07, 6.45) is 3.89. The molecule has 1 heterocycles. The second-order valence-electron chi connectivity index (χ2n) is 5.25. The molecule has 1 aromatic rings. The van der Waals surface area contributed by atoms with Crippen molar-refractivity contribution in [2.24, 2.45) is 0 Å². The molecule has 0 N–H and O–H groups in total. The average molecular weight is 217 g/mol. The van der Waals surface area contributed by atoms with Crippen molar-refractivity contribution < 1.29 is 0 Å². The Hall–Kier alpha value is -0.820. The van der Waals surface area contributed by atoms with E-state index in [1.165, 1.54) is 37.9 Å². The lowest BCUT2D eigenvalue weighted by Gasteiger charge is -2.41. The Morgan fingerprint density at radius 3 is 2.38 bits per heavy atom. The van der Waals surface area contributed by atoms with E-state index in [2.05, 4.69) is 50.1 Å². The maximum atomic E-state index is 2.45. The van der Waals surface area contributed by atoms with Gasteiger partial charge in [-0.05, 0) is 62.9 Å². The molecule has 0 aromatic heterocycles. The summed E-state index contributed by atoms with van der Waals surface area (Å²) in [7, 11) is 2.23. The molecule has 1 aliphatic rings. The van der Waals surface area contributed by atoms with E-state index in [9.17, 15) is 0 Å². The van der Waals surface area contributed by atoms with Crippen LogP contribution in [0, 0.1) is 6.92 Å². The number of hydrogen-bond acceptors (Lipinski definition) is 1. The third kappa shape index (κ3) is 2.01. The van der Waals surface area contributed by atoms with Crippen molar-refractivity contribution in [3.05, 3.63) is 35.4 Å². The van der Waals surface area contributed by atoms with Crippen LogP contribution < -0.4 is 0 Å². The maximum absolute atomic E-state index is 2.45. The molecule has 1 saturated heterocycles. The molecule has 2 rings (SSSR count). The van der Waals surface area contributed by atoms with E-state index < -0.39 is 0 Å². The fourth-order valence-corrected chi connectivity index (χ4v) is 3.03. The zero-order valence-corrected chi connectivity index (χ0v) is 10.8. The number of nitrogens with zero attached hydrogens (tertiary/aromatic N) is 1. The van der Waals surface area contributed by atoms with Crippen LogP contribution in [0.5, 0.6) is 0 Å². The van der Waals surface area contributed by atoms with Gasteiger partial charge in [0.15, 0.2) is 0 Å². The van der Waals surface area contributed by atoms with Crippen LogP contribution in [0.2, 0.25) is 0 Å². The summed E-state index contributed by atoms with van der Waals surface area (Å²) < 4.78 is 0. The van der Waals surface area contributed by atoms with E-state index >= 15 is 0 Å². The highest BCUT2D eigenvalue weighted by Crippen LogP contribution is 2.39. The Bertz CT molecular complexity index is 348. The highest BCUT2D eigenvalue weighted by atomic mass is 15.1. The first-order chi connectivity index (χ1) is 7.68. The third-order valence-corrected chi connectivity index (χ3v) is 4.34. The molecule has 0 unspecified atom stereocenters. The molecule has 0 radical (unpaired) electrons. The molecule has 1 aliphatic heterocycles. The van der Waals surface area contributed by atoms with Crippen molar-refractivity contribution in [1.82, 2.24) is 4.90 Å². The van der Waals surface area contributed by atoms with Crippen molar-refractivity contribution in [1.29, 1.82) is 0 Å². The highest BCUT2D eigenvalue weighted by Gasteiger charge is 2.34. The predicted octanol–water partition coefficient (Wildman–Crippen LogP) is 3.37. The topological polar surface area (TPSA) is 3.24 Å². The number of rotatable bonds is 2. The molecule has 0 aliphatic carbocycles. The summed E-state index contributed by atoms with van der Waals surface area (Å²) in [5.74, 6) is 0. The first-order valence-corrected chi connectivity index (χ1v) is 6.42. The molecule has 1 heteroatoms. The molecule has 1 fully saturated rings. The second kappa shape index (κ2) is 4.58. The highest BCUT2D eigenvalue weighted by molar-refractivity contribution is 5.34. The zero-order valence-electron chi connectivity index (χ0n) is 10.8. The summed E-state index contributed by atoms with van der Waals surface area (Å²) in [5.41, 5.74) is 3.50. The maximum Gasteiger partial charge on any atom is -0.00133 e. The quantitative estimate of drug-likeness (QED) is 0.734. The van der Waals surface area contributed by atoms with Crippen LogP contribution in [0.15, 0.2) is 24.3 Å². The summed E-state index contributed by atoms with van der Waals surface area (Å²) in [5, 5.41) is 0. The van der Waals surface area contributed by atoms with Crippen LogP contribution in [-0.2, 0) is 5.41 Å². The van der Waals surface area contributed by atoms with Crippen LogP contribution in [0.25, 0.3) is 0 Å². The molecule has 88 valence electrons. The minimum atomic E-state index is 0.442. The SMILES string of the molecule is CCC1(c2ccccc2C)CCN(C)CC1. The molecule has 0 saturated carbocycles. The van der Waals surface area contributed by atoms with E-state index in [4.69, 9.17) is 0 Å². The van der Waals surface area contributed by atoms with Gasteiger partial charge in [-0.3, -0.25) is 0 Å². The summed E-state index contributed by atoms with van der Waals surface area (Å²) in [6, 6.07) is 8.93. The first kappa shape index (κ1) is 11.7. The third-order valence-electron chi connectivity index (χ3n) is 4.34. The molecule has 1 aromatic carbocycles. The fraction of sp³-hybridized carbons (Fsp3) is 0.600. The Morgan fingerprint density at radius 2 is 1.81 bits per heavy atom. The predicted molar refractivity (Wildman–Crippen MR) is 69.9 cm³/mol. The van der Waals surface area contributed by atoms with Crippen LogP contribution in [0.4, 0.5) is 0 Å². The fourth-order valence-electron chi connectivity index (χ4n) is 3.03. The Labute approximate surface area is 99.5 Å². The van der Waals surface area contributed by atoms with Crippen molar-refractivity contribution in [3.8, 4) is 0 Å². The Morgan fingerprint density at radius 1 is 1.19 bits per heavy atom. The molecular formula is C15H23N. The lowest BCUT2D eigenvalue weighted by atomic mass is 9.69. The van der Waals surface area contributed by atoms with E-state index in [0.29, 0.717) is 5.41 Å². The smallest absolute Gasteiger partial charge is 0.00133 e. The molecule has 1 nitrogen and oxygen atoms in total. The molecule has 0 amide bonds. The van der Waals surface area contributed by atoms with Gasteiger partial charge >= 0.3 is 0 Å². The molecule has 0 spiro atoms. The number of benzene rings is 1. The van der Waals surface area contributed by atoms with E-state index in [1.807, 2.05) is 0 Å². The number of hydrogen-bond donors (Lipinski definition) is 0. The van der Waals surface area contributed by atoms with Gasteiger partial charge in [-0.25, -0.2) is 0 Å². The van der Waals surface area contributed by atoms with Gasteiger partial charge in [-0.2, -0.15) is 0 Å². The van der Waals surface area contributed by atoms with Crippen molar-refractivity contribution in [2.75, 3.05) is 20.1 Å². The second-order valence-corrected chi connectivity index (χ2v) is 5.25. The van der Waals surface area contributed by atoms with Crippen LogP contribution >= 0.6 is 0 Å². The molecule has 0 atom stereocenters. The van der Waals surface area contributed by atoms with Gasteiger partial charge in [0.1, 0.15) is 0 Å². The van der Waals surface area contributed by atoms with Gasteiger partial charge in [-0.1, -0.05) is 31.2 Å². The van der Waals surface area contributed by atoms with E-state index in [0.717, 1.165) is 0 Å². The summed E-state index contributed by atoms with van der Waals surface area (Å²) >= 11 is 0. The average Bonchev–Trinajstić information content (AvgIpc) is 2.32. The van der Waals surface area contributed by atoms with Gasteiger partial charge in [0.25, 0.3) is 0 Å². The van der Waals surface area contributed by atoms with Crippen LogP contribution in [-0.4, -0.2) is 25.0 Å². The van der Waals surface area contributed by atoms with Gasteiger partial charge in [0, 0.05) is 0 Å². The standard InChI is InChI=1S/C15H23N/c1-4-15(9-11-16(3)12-10-15)14-8-6-5-7-13(14)2/h5-8H,4,9-12H2,1-3H3. The van der Waals surface area contributed by atoms with Gasteiger partial charge in [0.05, 0.1) is 0 Å². The van der Waals surface area contributed by atoms with E-state index in [-0.39, 0.29) is 0 Å². The molecule has 16 heavy (non-hydrogen) atoms. The number of aryl methyl sites for hydroxylation is 1. The van der Waals surface area contributed by atoms with Crippen LogP contribution in [0.1, 0.15) is 37.3 Å². The van der Waals surface area contributed by atoms with Crippen molar-refractivity contribution in [2.45, 2.75) is 38.5 Å². The number of likely N-dealkylation sites (tertiary alicyclic amines) is 1. The van der Waals surface area contributed by atoms with Crippen molar-refractivity contribution >= 4 is 0 Å². The molecule has 0 bridgehead atoms. The lowest BCUT2D eigenvalue weighted by Crippen LogP contribution is -2.40. The Balaban J connectivity index is 2.32. The minimum absolute atomic E-state index is 0.442. The molecular weight excluding hydrogens is 194 g/mol.